The summed E-state index contributed by atoms with van der Waals surface area (Å²) in [6.45, 7) is 2.55. The highest BCUT2D eigenvalue weighted by Gasteiger charge is 2.13. The molecule has 0 saturated carbocycles. The lowest BCUT2D eigenvalue weighted by Crippen LogP contribution is -2.28. The van der Waals surface area contributed by atoms with Crippen LogP contribution in [-0.2, 0) is 32.4 Å². The molecular formula is C23H31NO5S. The summed E-state index contributed by atoms with van der Waals surface area (Å²) in [5, 5.41) is 0. The second kappa shape index (κ2) is 12.3. The van der Waals surface area contributed by atoms with E-state index in [1.165, 1.54) is 13.5 Å². The van der Waals surface area contributed by atoms with Gasteiger partial charge in [0.25, 0.3) is 0 Å². The van der Waals surface area contributed by atoms with E-state index in [-0.39, 0.29) is 24.0 Å². The van der Waals surface area contributed by atoms with Gasteiger partial charge in [-0.25, -0.2) is 13.1 Å². The molecule has 0 heterocycles. The van der Waals surface area contributed by atoms with Gasteiger partial charge in [-0.15, -0.1) is 0 Å². The molecule has 0 atom stereocenters. The minimum absolute atomic E-state index is 0.171. The summed E-state index contributed by atoms with van der Waals surface area (Å²) in [5.74, 6) is 0.404. The normalized spacial score (nSPS) is 11.3. The largest absolute Gasteiger partial charge is 0.492 e. The molecule has 1 N–H and O–H groups in total. The molecule has 0 saturated heterocycles. The Morgan fingerprint density at radius 3 is 2.20 bits per heavy atom. The topological polar surface area (TPSA) is 81.7 Å². The van der Waals surface area contributed by atoms with E-state index >= 15 is 0 Å². The number of benzene rings is 2. The molecule has 0 aliphatic heterocycles. The van der Waals surface area contributed by atoms with Gasteiger partial charge >= 0.3 is 5.97 Å². The molecule has 7 heteroatoms. The maximum Gasteiger partial charge on any atom is 0.305 e. The molecule has 0 aromatic heterocycles. The predicted molar refractivity (Wildman–Crippen MR) is 117 cm³/mol. The van der Waals surface area contributed by atoms with E-state index in [2.05, 4.69) is 16.4 Å². The second-order valence-electron chi connectivity index (χ2n) is 7.07. The highest BCUT2D eigenvalue weighted by molar-refractivity contribution is 7.89. The molecule has 2 rings (SSSR count). The molecule has 0 amide bonds. The first-order valence-corrected chi connectivity index (χ1v) is 11.8. The Balaban J connectivity index is 1.75. The van der Waals surface area contributed by atoms with E-state index in [1.807, 2.05) is 24.3 Å². The van der Waals surface area contributed by atoms with Crippen LogP contribution in [-0.4, -0.2) is 34.6 Å². The maximum atomic E-state index is 12.4. The summed E-state index contributed by atoms with van der Waals surface area (Å²) in [4.78, 5) is 11.4. The summed E-state index contributed by atoms with van der Waals surface area (Å²) >= 11 is 0. The van der Waals surface area contributed by atoms with Gasteiger partial charge in [0.15, 0.2) is 0 Å². The van der Waals surface area contributed by atoms with Crippen molar-refractivity contribution in [2.75, 3.05) is 20.3 Å². The van der Waals surface area contributed by atoms with Crippen LogP contribution in [0, 0.1) is 0 Å². The number of rotatable bonds is 13. The average Bonchev–Trinajstić information content (AvgIpc) is 2.76. The summed E-state index contributed by atoms with van der Waals surface area (Å²) in [7, 11) is -2.18. The lowest BCUT2D eigenvalue weighted by atomic mass is 10.1. The van der Waals surface area contributed by atoms with Crippen molar-refractivity contribution in [1.82, 2.24) is 4.72 Å². The lowest BCUT2D eigenvalue weighted by Gasteiger charge is -2.10. The van der Waals surface area contributed by atoms with E-state index < -0.39 is 10.0 Å². The number of carbonyl (C=O) groups excluding carboxylic acids is 1. The molecule has 2 aromatic rings. The van der Waals surface area contributed by atoms with Gasteiger partial charge in [0.2, 0.25) is 10.0 Å². The fraction of sp³-hybridized carbons (Fsp3) is 0.435. The standard InChI is InChI=1S/C23H31NO5S/c1-3-4-5-6-19-9-14-22(15-10-19)30(26,27)24-17-18-29-21-12-7-20(8-13-21)11-16-23(25)28-2/h7-10,12-15,24H,3-6,11,16-18H2,1-2H3. The van der Waals surface area contributed by atoms with Crippen molar-refractivity contribution in [3.05, 3.63) is 59.7 Å². The zero-order valence-electron chi connectivity index (χ0n) is 17.7. The molecule has 0 fully saturated rings. The van der Waals surface area contributed by atoms with E-state index in [9.17, 15) is 13.2 Å². The van der Waals surface area contributed by atoms with Gasteiger partial charge in [-0.3, -0.25) is 4.79 Å². The van der Waals surface area contributed by atoms with Gasteiger partial charge in [-0.05, 0) is 54.7 Å². The van der Waals surface area contributed by atoms with Gasteiger partial charge in [0.1, 0.15) is 12.4 Å². The molecule has 6 nitrogen and oxygen atoms in total. The summed E-state index contributed by atoms with van der Waals surface area (Å²) in [5.41, 5.74) is 2.16. The third-order valence-electron chi connectivity index (χ3n) is 4.73. The Bertz CT molecular complexity index is 877. The third kappa shape index (κ3) is 8.16. The minimum atomic E-state index is -3.56. The van der Waals surface area contributed by atoms with Gasteiger partial charge in [-0.1, -0.05) is 44.0 Å². The van der Waals surface area contributed by atoms with E-state index in [4.69, 9.17) is 4.74 Å². The molecule has 30 heavy (non-hydrogen) atoms. The minimum Gasteiger partial charge on any atom is -0.492 e. The van der Waals surface area contributed by atoms with Crippen LogP contribution in [0.15, 0.2) is 53.4 Å². The molecular weight excluding hydrogens is 402 g/mol. The number of aryl methyl sites for hydroxylation is 2. The molecule has 0 aliphatic rings. The van der Waals surface area contributed by atoms with Crippen LogP contribution in [0.1, 0.15) is 43.7 Å². The Kier molecular flexibility index (Phi) is 9.83. The van der Waals surface area contributed by atoms with Crippen LogP contribution in [0.3, 0.4) is 0 Å². The summed E-state index contributed by atoms with van der Waals surface area (Å²) in [6, 6.07) is 14.4. The van der Waals surface area contributed by atoms with E-state index in [0.717, 1.165) is 30.4 Å². The number of nitrogens with one attached hydrogen (secondary N) is 1. The molecule has 0 spiro atoms. The maximum absolute atomic E-state index is 12.4. The quantitative estimate of drug-likeness (QED) is 0.383. The van der Waals surface area contributed by atoms with Gasteiger partial charge in [-0.2, -0.15) is 0 Å². The molecule has 164 valence electrons. The van der Waals surface area contributed by atoms with Gasteiger partial charge in [0.05, 0.1) is 12.0 Å². The summed E-state index contributed by atoms with van der Waals surface area (Å²) < 4.78 is 37.6. The zero-order valence-corrected chi connectivity index (χ0v) is 18.5. The van der Waals surface area contributed by atoms with E-state index in [1.54, 1.807) is 24.3 Å². The van der Waals surface area contributed by atoms with E-state index in [0.29, 0.717) is 18.6 Å². The third-order valence-corrected chi connectivity index (χ3v) is 6.21. The summed E-state index contributed by atoms with van der Waals surface area (Å²) in [6.07, 6.45) is 5.36. The number of unbranched alkanes of at least 4 members (excludes halogenated alkanes) is 2. The van der Waals surface area contributed by atoms with Crippen LogP contribution in [0.2, 0.25) is 0 Å². The number of carbonyl (C=O) groups is 1. The van der Waals surface area contributed by atoms with Crippen LogP contribution in [0.5, 0.6) is 5.75 Å². The average molecular weight is 434 g/mol. The van der Waals surface area contributed by atoms with Gasteiger partial charge < -0.3 is 9.47 Å². The monoisotopic (exact) mass is 433 g/mol. The van der Waals surface area contributed by atoms with Crippen molar-refractivity contribution < 1.29 is 22.7 Å². The van der Waals surface area contributed by atoms with Crippen molar-refractivity contribution in [1.29, 1.82) is 0 Å². The zero-order chi connectivity index (χ0) is 21.8. The van der Waals surface area contributed by atoms with Crippen molar-refractivity contribution >= 4 is 16.0 Å². The first-order chi connectivity index (χ1) is 14.4. The molecule has 0 aliphatic carbocycles. The Hall–Kier alpha value is -2.38. The fourth-order valence-electron chi connectivity index (χ4n) is 2.94. The van der Waals surface area contributed by atoms with Crippen molar-refractivity contribution in [2.45, 2.75) is 50.3 Å². The Labute approximate surface area is 179 Å². The highest BCUT2D eigenvalue weighted by Crippen LogP contribution is 2.15. The molecule has 0 bridgehead atoms. The van der Waals surface area contributed by atoms with Crippen LogP contribution in [0.4, 0.5) is 0 Å². The second-order valence-corrected chi connectivity index (χ2v) is 8.83. The number of methoxy groups -OCH3 is 1. The van der Waals surface area contributed by atoms with Crippen molar-refractivity contribution in [3.63, 3.8) is 0 Å². The first-order valence-electron chi connectivity index (χ1n) is 10.3. The van der Waals surface area contributed by atoms with Crippen LogP contribution < -0.4 is 9.46 Å². The van der Waals surface area contributed by atoms with Crippen molar-refractivity contribution in [2.24, 2.45) is 0 Å². The Morgan fingerprint density at radius 1 is 0.933 bits per heavy atom. The Morgan fingerprint density at radius 2 is 1.57 bits per heavy atom. The smallest absolute Gasteiger partial charge is 0.305 e. The van der Waals surface area contributed by atoms with Crippen molar-refractivity contribution in [3.8, 4) is 5.75 Å². The number of hydrogen-bond acceptors (Lipinski definition) is 5. The SMILES string of the molecule is CCCCCc1ccc(S(=O)(=O)NCCOc2ccc(CCC(=O)OC)cc2)cc1. The predicted octanol–water partition coefficient (Wildman–Crippen LogP) is 3.88. The molecule has 0 radical (unpaired) electrons. The number of ether oxygens (including phenoxy) is 2. The lowest BCUT2D eigenvalue weighted by molar-refractivity contribution is -0.140. The molecule has 2 aromatic carbocycles. The number of esters is 1. The number of hydrogen-bond donors (Lipinski definition) is 1. The van der Waals surface area contributed by atoms with Crippen LogP contribution >= 0.6 is 0 Å². The number of sulfonamides is 1. The highest BCUT2D eigenvalue weighted by atomic mass is 32.2. The fourth-order valence-corrected chi connectivity index (χ4v) is 3.96. The van der Waals surface area contributed by atoms with Crippen LogP contribution in [0.25, 0.3) is 0 Å². The molecule has 0 unspecified atom stereocenters. The first kappa shape index (κ1) is 23.9. The van der Waals surface area contributed by atoms with Gasteiger partial charge in [0, 0.05) is 13.0 Å².